The van der Waals surface area contributed by atoms with Crippen molar-refractivity contribution >= 4 is 11.4 Å². The van der Waals surface area contributed by atoms with E-state index in [1.165, 1.54) is 6.42 Å². The third-order valence-electron chi connectivity index (χ3n) is 5.42. The van der Waals surface area contributed by atoms with Crippen LogP contribution in [-0.4, -0.2) is 21.8 Å². The molecule has 0 aromatic rings. The van der Waals surface area contributed by atoms with Gasteiger partial charge in [0, 0.05) is 11.8 Å². The lowest BCUT2D eigenvalue weighted by molar-refractivity contribution is 0.240. The van der Waals surface area contributed by atoms with E-state index in [4.69, 9.17) is 10.4 Å². The number of oxime groups is 2. The molecule has 0 aromatic heterocycles. The Morgan fingerprint density at radius 2 is 1.27 bits per heavy atom. The third kappa shape index (κ3) is 0.703. The van der Waals surface area contributed by atoms with Crippen molar-refractivity contribution in [2.45, 2.75) is 19.3 Å². The first kappa shape index (κ1) is 8.13. The van der Waals surface area contributed by atoms with Gasteiger partial charge >= 0.3 is 0 Å². The highest BCUT2D eigenvalue weighted by Gasteiger charge is 2.67. The van der Waals surface area contributed by atoms with Crippen molar-refractivity contribution in [1.29, 1.82) is 0 Å². The summed E-state index contributed by atoms with van der Waals surface area (Å²) >= 11 is 0. The molecule has 0 saturated heterocycles. The summed E-state index contributed by atoms with van der Waals surface area (Å²) in [5, 5.41) is 25.0. The van der Waals surface area contributed by atoms with Gasteiger partial charge in [0.05, 0.1) is 11.4 Å². The van der Waals surface area contributed by atoms with E-state index >= 15 is 0 Å². The average molecular weight is 206 g/mol. The largest absolute Gasteiger partial charge is 0.411 e. The van der Waals surface area contributed by atoms with Crippen molar-refractivity contribution in [1.82, 2.24) is 0 Å². The Morgan fingerprint density at radius 3 is 1.67 bits per heavy atom. The molecule has 4 saturated carbocycles. The van der Waals surface area contributed by atoms with Crippen LogP contribution in [0.3, 0.4) is 0 Å². The molecular weight excluding hydrogens is 192 g/mol. The van der Waals surface area contributed by atoms with E-state index in [1.54, 1.807) is 0 Å². The highest BCUT2D eigenvalue weighted by Crippen LogP contribution is 2.68. The molecule has 4 fully saturated rings. The van der Waals surface area contributed by atoms with E-state index in [9.17, 15) is 0 Å². The molecule has 80 valence electrons. The summed E-state index contributed by atoms with van der Waals surface area (Å²) in [5.74, 6) is 3.65. The zero-order valence-corrected chi connectivity index (χ0v) is 8.37. The molecule has 15 heavy (non-hydrogen) atoms. The lowest BCUT2D eigenvalue weighted by Gasteiger charge is -2.24. The summed E-state index contributed by atoms with van der Waals surface area (Å²) in [4.78, 5) is 0. The van der Waals surface area contributed by atoms with Crippen LogP contribution in [-0.2, 0) is 0 Å². The maximum absolute atomic E-state index is 9.02. The maximum atomic E-state index is 9.02. The first-order chi connectivity index (χ1) is 7.35. The molecule has 4 aliphatic carbocycles. The molecule has 6 atom stereocenters. The Labute approximate surface area is 87.7 Å². The number of hydrogen-bond acceptors (Lipinski definition) is 4. The van der Waals surface area contributed by atoms with Crippen LogP contribution in [0.15, 0.2) is 10.3 Å². The quantitative estimate of drug-likeness (QED) is 0.466. The van der Waals surface area contributed by atoms with Gasteiger partial charge in [-0.2, -0.15) is 0 Å². The maximum Gasteiger partial charge on any atom is 0.0614 e. The summed E-state index contributed by atoms with van der Waals surface area (Å²) in [6.45, 7) is 0. The predicted octanol–water partition coefficient (Wildman–Crippen LogP) is 1.57. The van der Waals surface area contributed by atoms with Crippen LogP contribution in [0, 0.1) is 35.5 Å². The number of nitrogens with zero attached hydrogens (tertiary/aromatic N) is 2. The van der Waals surface area contributed by atoms with E-state index < -0.39 is 0 Å². The minimum atomic E-state index is 0.398. The summed E-state index contributed by atoms with van der Waals surface area (Å²) in [7, 11) is 0. The highest BCUT2D eigenvalue weighted by molar-refractivity contribution is 6.00. The second-order valence-electron chi connectivity index (χ2n) is 5.53. The van der Waals surface area contributed by atoms with Crippen molar-refractivity contribution in [2.24, 2.45) is 45.8 Å². The van der Waals surface area contributed by atoms with Crippen LogP contribution in [0.5, 0.6) is 0 Å². The van der Waals surface area contributed by atoms with Crippen LogP contribution in [0.25, 0.3) is 0 Å². The lowest BCUT2D eigenvalue weighted by atomic mass is 9.79. The third-order valence-corrected chi connectivity index (χ3v) is 5.42. The molecule has 0 aromatic carbocycles. The van der Waals surface area contributed by atoms with Gasteiger partial charge in [-0.1, -0.05) is 10.3 Å². The fourth-order valence-corrected chi connectivity index (χ4v) is 5.14. The summed E-state index contributed by atoms with van der Waals surface area (Å²) in [5.41, 5.74) is 1.95. The van der Waals surface area contributed by atoms with Gasteiger partial charge in [-0.3, -0.25) is 0 Å². The Morgan fingerprint density at radius 1 is 0.800 bits per heavy atom. The smallest absolute Gasteiger partial charge is 0.0614 e. The lowest BCUT2D eigenvalue weighted by Crippen LogP contribution is -2.26. The fourth-order valence-electron chi connectivity index (χ4n) is 5.14. The molecule has 0 heterocycles. The first-order valence-electron chi connectivity index (χ1n) is 5.76. The van der Waals surface area contributed by atoms with Crippen LogP contribution in [0.4, 0.5) is 0 Å². The Bertz CT molecular complexity index is 350. The minimum Gasteiger partial charge on any atom is -0.411 e. The minimum absolute atomic E-state index is 0.398. The molecule has 0 aliphatic heterocycles. The van der Waals surface area contributed by atoms with Crippen molar-refractivity contribution in [2.75, 3.05) is 0 Å². The van der Waals surface area contributed by atoms with Gasteiger partial charge < -0.3 is 10.4 Å². The molecular formula is C11H14N2O2. The highest BCUT2D eigenvalue weighted by atomic mass is 16.4. The standard InChI is InChI=1S/C11H14N2O2/c14-12-8-2-4-5-3-9(13-15)11-7(5)1-6(4)10(8)11/h4-7,10-11,14-15H,1-3H2/b12-8-,13-9-/t4-,5+,6+,7-,10-,11-/m1/s1. The van der Waals surface area contributed by atoms with Gasteiger partial charge in [-0.05, 0) is 42.9 Å². The molecule has 0 amide bonds. The summed E-state index contributed by atoms with van der Waals surface area (Å²) in [6, 6.07) is 0. The molecule has 0 radical (unpaired) electrons. The fraction of sp³-hybridized carbons (Fsp3) is 0.818. The second kappa shape index (κ2) is 2.36. The number of rotatable bonds is 0. The Kier molecular flexibility index (Phi) is 1.28. The molecule has 4 rings (SSSR count). The van der Waals surface area contributed by atoms with E-state index in [2.05, 4.69) is 10.3 Å². The number of hydrogen-bond donors (Lipinski definition) is 2. The molecule has 4 nitrogen and oxygen atoms in total. The topological polar surface area (TPSA) is 65.2 Å². The molecule has 2 N–H and O–H groups in total. The van der Waals surface area contributed by atoms with Gasteiger partial charge in [0.1, 0.15) is 0 Å². The normalized spacial score (nSPS) is 60.0. The van der Waals surface area contributed by atoms with Crippen LogP contribution in [0.2, 0.25) is 0 Å². The van der Waals surface area contributed by atoms with Crippen molar-refractivity contribution in [3.63, 3.8) is 0 Å². The van der Waals surface area contributed by atoms with Gasteiger partial charge in [0.2, 0.25) is 0 Å². The van der Waals surface area contributed by atoms with Crippen molar-refractivity contribution < 1.29 is 10.4 Å². The molecule has 0 unspecified atom stereocenters. The molecule has 4 heteroatoms. The van der Waals surface area contributed by atoms with E-state index in [-0.39, 0.29) is 0 Å². The number of fused-ring (bicyclic) bond motifs is 2. The van der Waals surface area contributed by atoms with Crippen molar-refractivity contribution in [3.8, 4) is 0 Å². The van der Waals surface area contributed by atoms with Crippen LogP contribution >= 0.6 is 0 Å². The van der Waals surface area contributed by atoms with E-state index in [1.807, 2.05) is 0 Å². The Balaban J connectivity index is 1.87. The summed E-state index contributed by atoms with van der Waals surface area (Å²) < 4.78 is 0. The molecule has 4 aliphatic rings. The Hall–Kier alpha value is -1.06. The van der Waals surface area contributed by atoms with Gasteiger partial charge in [-0.25, -0.2) is 0 Å². The average Bonchev–Trinajstić information content (AvgIpc) is 2.83. The van der Waals surface area contributed by atoms with Gasteiger partial charge in [-0.15, -0.1) is 0 Å². The van der Waals surface area contributed by atoms with Gasteiger partial charge in [0.25, 0.3) is 0 Å². The first-order valence-corrected chi connectivity index (χ1v) is 5.76. The van der Waals surface area contributed by atoms with Crippen LogP contribution in [0.1, 0.15) is 19.3 Å². The molecule has 2 bridgehead atoms. The van der Waals surface area contributed by atoms with E-state index in [0.29, 0.717) is 23.7 Å². The zero-order valence-electron chi connectivity index (χ0n) is 8.37. The van der Waals surface area contributed by atoms with Gasteiger partial charge in [0.15, 0.2) is 0 Å². The van der Waals surface area contributed by atoms with Crippen molar-refractivity contribution in [3.05, 3.63) is 0 Å². The molecule has 0 spiro atoms. The second-order valence-corrected chi connectivity index (χ2v) is 5.53. The predicted molar refractivity (Wildman–Crippen MR) is 53.2 cm³/mol. The monoisotopic (exact) mass is 206 g/mol. The summed E-state index contributed by atoms with van der Waals surface area (Å²) in [6.07, 6.45) is 3.24. The SMILES string of the molecule is O/N=C1/C[C@H]2[C@H]3C/C(=N/O)[C@H]4[C@H]3C[C@H]2[C@H]14. The zero-order chi connectivity index (χ0) is 10.2. The van der Waals surface area contributed by atoms with Crippen LogP contribution < -0.4 is 0 Å². The van der Waals surface area contributed by atoms with E-state index in [0.717, 1.165) is 36.1 Å².